The zero-order valence-electron chi connectivity index (χ0n) is 15.6. The quantitative estimate of drug-likeness (QED) is 0.642. The number of carboxylic acids is 1. The highest BCUT2D eigenvalue weighted by molar-refractivity contribution is 6.35. The molecule has 0 saturated carbocycles. The van der Waals surface area contributed by atoms with Crippen molar-refractivity contribution in [3.8, 4) is 0 Å². The van der Waals surface area contributed by atoms with Crippen molar-refractivity contribution in [2.24, 2.45) is 0 Å². The van der Waals surface area contributed by atoms with E-state index in [1.54, 1.807) is 32.0 Å². The molecule has 0 spiro atoms. The lowest BCUT2D eigenvalue weighted by Gasteiger charge is -2.31. The summed E-state index contributed by atoms with van der Waals surface area (Å²) in [7, 11) is 0. The fourth-order valence-corrected chi connectivity index (χ4v) is 3.62. The Morgan fingerprint density at radius 2 is 1.83 bits per heavy atom. The van der Waals surface area contributed by atoms with Gasteiger partial charge < -0.3 is 5.11 Å². The minimum Gasteiger partial charge on any atom is -0.479 e. The first-order chi connectivity index (χ1) is 13.8. The molecule has 29 heavy (non-hydrogen) atoms. The molecular weight excluding hydrogens is 415 g/mol. The van der Waals surface area contributed by atoms with Crippen LogP contribution in [0.1, 0.15) is 35.3 Å². The molecule has 1 unspecified atom stereocenters. The van der Waals surface area contributed by atoms with Crippen molar-refractivity contribution in [3.63, 3.8) is 0 Å². The second-order valence-corrected chi connectivity index (χ2v) is 7.43. The number of carbonyl (C=O) groups is 2. The normalized spacial score (nSPS) is 13.1. The van der Waals surface area contributed by atoms with E-state index in [0.29, 0.717) is 16.1 Å². The zero-order valence-corrected chi connectivity index (χ0v) is 17.1. The predicted molar refractivity (Wildman–Crippen MR) is 108 cm³/mol. The van der Waals surface area contributed by atoms with Crippen molar-refractivity contribution < 1.29 is 14.7 Å². The number of halogens is 2. The Hall–Kier alpha value is -2.90. The molecule has 149 valence electrons. The number of hydrogen-bond acceptors (Lipinski definition) is 4. The van der Waals surface area contributed by atoms with Crippen molar-refractivity contribution in [2.75, 3.05) is 0 Å². The molecule has 0 aliphatic carbocycles. The number of carbonyl (C=O) groups excluding carboxylic acids is 1. The van der Waals surface area contributed by atoms with Gasteiger partial charge in [-0.25, -0.2) is 19.8 Å². The average molecular weight is 432 g/mol. The summed E-state index contributed by atoms with van der Waals surface area (Å²) in [5.41, 5.74) is -0.870. The summed E-state index contributed by atoms with van der Waals surface area (Å²) in [6.45, 7) is 3.60. The second-order valence-electron chi connectivity index (χ2n) is 6.59. The lowest BCUT2D eigenvalue weighted by Crippen LogP contribution is -2.45. The Kier molecular flexibility index (Phi) is 5.91. The standard InChI is InChI=1S/C20H17Cl2N4O3/c1-12(2)25-18(27)13-3-5-14(6-4-13)20(19(28)29,26-11-23-10-24-26)16-8-7-15(21)9-17(16)22/h3-12H,1-2H3,(H,28,29). The SMILES string of the molecule is CC(C)[N]C(=O)c1ccc(C(C(=O)O)(c2ccc(Cl)cc2Cl)n2cncn2)cc1. The maximum atomic E-state index is 12.7. The largest absolute Gasteiger partial charge is 0.479 e. The van der Waals surface area contributed by atoms with Gasteiger partial charge in [0.25, 0.3) is 5.91 Å². The molecule has 0 bridgehead atoms. The Labute approximate surface area is 177 Å². The summed E-state index contributed by atoms with van der Waals surface area (Å²) in [4.78, 5) is 28.7. The number of carboxylic acid groups (broad SMARTS) is 1. The van der Waals surface area contributed by atoms with Crippen molar-refractivity contribution in [2.45, 2.75) is 25.4 Å². The van der Waals surface area contributed by atoms with Gasteiger partial charge in [0.2, 0.25) is 5.54 Å². The van der Waals surface area contributed by atoms with Crippen LogP contribution in [-0.4, -0.2) is 37.8 Å². The Bertz CT molecular complexity index is 1040. The van der Waals surface area contributed by atoms with Crippen molar-refractivity contribution >= 4 is 35.1 Å². The lowest BCUT2D eigenvalue weighted by molar-refractivity contribution is -0.143. The van der Waals surface area contributed by atoms with Crippen LogP contribution >= 0.6 is 23.2 Å². The van der Waals surface area contributed by atoms with Crippen molar-refractivity contribution in [1.29, 1.82) is 0 Å². The van der Waals surface area contributed by atoms with Crippen LogP contribution in [0.2, 0.25) is 10.0 Å². The fraction of sp³-hybridized carbons (Fsp3) is 0.200. The van der Waals surface area contributed by atoms with Crippen LogP contribution in [0.3, 0.4) is 0 Å². The van der Waals surface area contributed by atoms with E-state index in [1.807, 2.05) is 0 Å². The first kappa shape index (κ1) is 20.8. The predicted octanol–water partition coefficient (Wildman–Crippen LogP) is 3.61. The number of aromatic nitrogens is 3. The molecule has 0 aliphatic heterocycles. The van der Waals surface area contributed by atoms with Gasteiger partial charge in [0, 0.05) is 27.2 Å². The maximum Gasteiger partial charge on any atom is 0.341 e. The third-order valence-corrected chi connectivity index (χ3v) is 4.87. The maximum absolute atomic E-state index is 12.7. The minimum atomic E-state index is -1.81. The lowest BCUT2D eigenvalue weighted by atomic mass is 9.82. The average Bonchev–Trinajstić information content (AvgIpc) is 3.18. The summed E-state index contributed by atoms with van der Waals surface area (Å²) >= 11 is 12.4. The third kappa shape index (κ3) is 3.83. The molecule has 0 saturated heterocycles. The van der Waals surface area contributed by atoms with Gasteiger partial charge in [-0.15, -0.1) is 0 Å². The van der Waals surface area contributed by atoms with Crippen LogP contribution in [0, 0.1) is 0 Å². The number of nitrogens with zero attached hydrogens (tertiary/aromatic N) is 4. The van der Waals surface area contributed by atoms with Crippen LogP contribution in [-0.2, 0) is 10.3 Å². The van der Waals surface area contributed by atoms with Crippen molar-refractivity contribution in [1.82, 2.24) is 20.1 Å². The molecule has 0 aliphatic rings. The zero-order chi connectivity index (χ0) is 21.2. The van der Waals surface area contributed by atoms with Gasteiger partial charge in [-0.3, -0.25) is 4.79 Å². The Morgan fingerprint density at radius 3 is 2.34 bits per heavy atom. The topological polar surface area (TPSA) is 99.2 Å². The molecule has 1 radical (unpaired) electrons. The molecule has 2 aromatic carbocycles. The van der Waals surface area contributed by atoms with Crippen LogP contribution < -0.4 is 5.32 Å². The van der Waals surface area contributed by atoms with E-state index in [4.69, 9.17) is 23.2 Å². The van der Waals surface area contributed by atoms with Crippen LogP contribution in [0.4, 0.5) is 0 Å². The molecule has 1 aromatic heterocycles. The molecule has 1 amide bonds. The highest BCUT2D eigenvalue weighted by Crippen LogP contribution is 2.39. The highest BCUT2D eigenvalue weighted by atomic mass is 35.5. The van der Waals surface area contributed by atoms with E-state index in [9.17, 15) is 14.7 Å². The number of rotatable bonds is 6. The molecule has 1 heterocycles. The number of hydrogen-bond donors (Lipinski definition) is 1. The van der Waals surface area contributed by atoms with Gasteiger partial charge in [0.1, 0.15) is 12.7 Å². The Morgan fingerprint density at radius 1 is 1.14 bits per heavy atom. The molecule has 7 nitrogen and oxygen atoms in total. The first-order valence-corrected chi connectivity index (χ1v) is 9.42. The monoisotopic (exact) mass is 431 g/mol. The van der Waals surface area contributed by atoms with Gasteiger partial charge in [-0.1, -0.05) is 41.4 Å². The molecular formula is C20H17Cl2N4O3. The molecule has 9 heteroatoms. The Balaban J connectivity index is 2.21. The van der Waals surface area contributed by atoms with Crippen LogP contribution in [0.5, 0.6) is 0 Å². The van der Waals surface area contributed by atoms with E-state index in [1.165, 1.54) is 41.6 Å². The molecule has 3 rings (SSSR count). The summed E-state index contributed by atoms with van der Waals surface area (Å²) < 4.78 is 1.21. The molecule has 0 fully saturated rings. The van der Waals surface area contributed by atoms with E-state index in [0.717, 1.165) is 0 Å². The van der Waals surface area contributed by atoms with E-state index >= 15 is 0 Å². The summed E-state index contributed by atoms with van der Waals surface area (Å²) in [6, 6.07) is 10.6. The third-order valence-electron chi connectivity index (χ3n) is 4.32. The smallest absolute Gasteiger partial charge is 0.341 e. The highest BCUT2D eigenvalue weighted by Gasteiger charge is 2.47. The summed E-state index contributed by atoms with van der Waals surface area (Å²) in [5.74, 6) is -1.60. The van der Waals surface area contributed by atoms with Gasteiger partial charge in [0.15, 0.2) is 0 Å². The van der Waals surface area contributed by atoms with E-state index in [2.05, 4.69) is 15.4 Å². The number of amides is 1. The molecule has 3 aromatic rings. The molecule has 1 N–H and O–H groups in total. The van der Waals surface area contributed by atoms with Gasteiger partial charge in [-0.2, -0.15) is 5.10 Å². The van der Waals surface area contributed by atoms with E-state index in [-0.39, 0.29) is 22.5 Å². The van der Waals surface area contributed by atoms with Crippen molar-refractivity contribution in [3.05, 3.63) is 81.9 Å². The van der Waals surface area contributed by atoms with Gasteiger partial charge >= 0.3 is 5.97 Å². The minimum absolute atomic E-state index is 0.150. The summed E-state index contributed by atoms with van der Waals surface area (Å²) in [6.07, 6.45) is 2.53. The first-order valence-electron chi connectivity index (χ1n) is 8.66. The molecule has 1 atom stereocenters. The summed E-state index contributed by atoms with van der Waals surface area (Å²) in [5, 5.41) is 18.9. The van der Waals surface area contributed by atoms with Gasteiger partial charge in [0.05, 0.1) is 0 Å². The van der Waals surface area contributed by atoms with E-state index < -0.39 is 11.5 Å². The van der Waals surface area contributed by atoms with Crippen LogP contribution in [0.25, 0.3) is 0 Å². The fourth-order valence-electron chi connectivity index (χ4n) is 3.08. The van der Waals surface area contributed by atoms with Crippen LogP contribution in [0.15, 0.2) is 55.1 Å². The second kappa shape index (κ2) is 8.23. The van der Waals surface area contributed by atoms with Gasteiger partial charge in [-0.05, 0) is 43.7 Å². The number of benzene rings is 2. The number of aliphatic carboxylic acids is 1.